The van der Waals surface area contributed by atoms with Crippen LogP contribution in [0, 0.1) is 11.3 Å². The first-order chi connectivity index (χ1) is 8.80. The van der Waals surface area contributed by atoms with Crippen LogP contribution in [-0.2, 0) is 6.42 Å². The van der Waals surface area contributed by atoms with Gasteiger partial charge in [-0.15, -0.1) is 0 Å². The first kappa shape index (κ1) is 12.1. The molecular formula is C16H13NO. The molecule has 18 heavy (non-hydrogen) atoms. The zero-order chi connectivity index (χ0) is 13.0. The highest BCUT2D eigenvalue weighted by Gasteiger charge is 2.09. The number of hydrogen-bond donors (Lipinski definition) is 0. The Morgan fingerprint density at radius 2 is 1.94 bits per heavy atom. The molecule has 0 radical (unpaired) electrons. The van der Waals surface area contributed by atoms with Crippen LogP contribution >= 0.6 is 0 Å². The summed E-state index contributed by atoms with van der Waals surface area (Å²) in [4.78, 5) is 10.9. The van der Waals surface area contributed by atoms with Crippen LogP contribution in [0.1, 0.15) is 28.4 Å². The van der Waals surface area contributed by atoms with E-state index < -0.39 is 0 Å². The van der Waals surface area contributed by atoms with E-state index in [2.05, 4.69) is 13.0 Å². The largest absolute Gasteiger partial charge is 0.298 e. The number of nitriles is 1. The van der Waals surface area contributed by atoms with Crippen LogP contribution in [0.3, 0.4) is 0 Å². The molecule has 0 aromatic heterocycles. The molecule has 2 nitrogen and oxygen atoms in total. The number of carbonyl (C=O) groups excluding carboxylic acids is 1. The lowest BCUT2D eigenvalue weighted by molar-refractivity contribution is 0.112. The lowest BCUT2D eigenvalue weighted by Crippen LogP contribution is -1.92. The average Bonchev–Trinajstić information content (AvgIpc) is 2.46. The summed E-state index contributed by atoms with van der Waals surface area (Å²) in [5.41, 5.74) is 4.23. The first-order valence-electron chi connectivity index (χ1n) is 5.87. The smallest absolute Gasteiger partial charge is 0.150 e. The zero-order valence-corrected chi connectivity index (χ0v) is 10.2. The van der Waals surface area contributed by atoms with Gasteiger partial charge in [0.2, 0.25) is 0 Å². The third kappa shape index (κ3) is 2.16. The van der Waals surface area contributed by atoms with Crippen molar-refractivity contribution in [2.75, 3.05) is 0 Å². The SMILES string of the molecule is CCc1ccccc1-c1cc(C=O)ccc1C#N. The molecule has 2 aromatic rings. The summed E-state index contributed by atoms with van der Waals surface area (Å²) < 4.78 is 0. The summed E-state index contributed by atoms with van der Waals surface area (Å²) in [7, 11) is 0. The van der Waals surface area contributed by atoms with Crippen LogP contribution in [0.4, 0.5) is 0 Å². The molecule has 2 heteroatoms. The third-order valence-electron chi connectivity index (χ3n) is 2.99. The maximum Gasteiger partial charge on any atom is 0.150 e. The zero-order valence-electron chi connectivity index (χ0n) is 10.2. The quantitative estimate of drug-likeness (QED) is 0.762. The molecule has 0 saturated carbocycles. The molecule has 0 spiro atoms. The Hall–Kier alpha value is -2.40. The topological polar surface area (TPSA) is 40.9 Å². The van der Waals surface area contributed by atoms with Gasteiger partial charge >= 0.3 is 0 Å². The summed E-state index contributed by atoms with van der Waals surface area (Å²) >= 11 is 0. The van der Waals surface area contributed by atoms with E-state index in [9.17, 15) is 4.79 Å². The van der Waals surface area contributed by atoms with Crippen molar-refractivity contribution in [3.63, 3.8) is 0 Å². The van der Waals surface area contributed by atoms with Crippen molar-refractivity contribution in [1.82, 2.24) is 0 Å². The predicted octanol–water partition coefficient (Wildman–Crippen LogP) is 3.60. The van der Waals surface area contributed by atoms with Crippen LogP contribution in [0.25, 0.3) is 11.1 Å². The number of carbonyl (C=O) groups is 1. The number of aryl methyl sites for hydroxylation is 1. The molecule has 0 amide bonds. The Morgan fingerprint density at radius 3 is 2.61 bits per heavy atom. The van der Waals surface area contributed by atoms with Gasteiger partial charge in [0.25, 0.3) is 0 Å². The second-order valence-corrected chi connectivity index (χ2v) is 4.05. The van der Waals surface area contributed by atoms with E-state index in [-0.39, 0.29) is 0 Å². The first-order valence-corrected chi connectivity index (χ1v) is 5.87. The second kappa shape index (κ2) is 5.29. The number of rotatable bonds is 3. The van der Waals surface area contributed by atoms with E-state index in [1.165, 1.54) is 5.56 Å². The summed E-state index contributed by atoms with van der Waals surface area (Å²) in [5.74, 6) is 0. The Bertz CT molecular complexity index is 623. The monoisotopic (exact) mass is 235 g/mol. The summed E-state index contributed by atoms with van der Waals surface area (Å²) in [6.07, 6.45) is 1.70. The highest BCUT2D eigenvalue weighted by molar-refractivity contribution is 5.82. The molecule has 0 heterocycles. The van der Waals surface area contributed by atoms with Crippen molar-refractivity contribution < 1.29 is 4.79 Å². The fourth-order valence-electron chi connectivity index (χ4n) is 2.05. The van der Waals surface area contributed by atoms with Gasteiger partial charge < -0.3 is 0 Å². The van der Waals surface area contributed by atoms with E-state index >= 15 is 0 Å². The van der Waals surface area contributed by atoms with Gasteiger partial charge in [0, 0.05) is 11.1 Å². The lowest BCUT2D eigenvalue weighted by atomic mass is 9.93. The van der Waals surface area contributed by atoms with Crippen molar-refractivity contribution in [2.24, 2.45) is 0 Å². The van der Waals surface area contributed by atoms with E-state index in [1.807, 2.05) is 24.3 Å². The van der Waals surface area contributed by atoms with Crippen molar-refractivity contribution >= 4 is 6.29 Å². The molecule has 0 atom stereocenters. The van der Waals surface area contributed by atoms with E-state index in [1.54, 1.807) is 18.2 Å². The fraction of sp³-hybridized carbons (Fsp3) is 0.125. The van der Waals surface area contributed by atoms with Crippen LogP contribution in [-0.4, -0.2) is 6.29 Å². The number of benzene rings is 2. The predicted molar refractivity (Wildman–Crippen MR) is 71.4 cm³/mol. The second-order valence-electron chi connectivity index (χ2n) is 4.05. The minimum absolute atomic E-state index is 0.593. The molecule has 2 rings (SSSR count). The van der Waals surface area contributed by atoms with Crippen molar-refractivity contribution in [3.05, 3.63) is 59.2 Å². The maximum absolute atomic E-state index is 10.9. The average molecular weight is 235 g/mol. The fourth-order valence-corrected chi connectivity index (χ4v) is 2.05. The minimum Gasteiger partial charge on any atom is -0.298 e. The molecular weight excluding hydrogens is 222 g/mol. The van der Waals surface area contributed by atoms with Gasteiger partial charge in [0.1, 0.15) is 6.29 Å². The van der Waals surface area contributed by atoms with Gasteiger partial charge in [-0.25, -0.2) is 0 Å². The molecule has 0 aliphatic rings. The van der Waals surface area contributed by atoms with Gasteiger partial charge in [0.15, 0.2) is 0 Å². The Kier molecular flexibility index (Phi) is 3.54. The van der Waals surface area contributed by atoms with E-state index in [4.69, 9.17) is 5.26 Å². The van der Waals surface area contributed by atoms with Crippen LogP contribution in [0.2, 0.25) is 0 Å². The third-order valence-corrected chi connectivity index (χ3v) is 2.99. The van der Waals surface area contributed by atoms with Crippen LogP contribution in [0.5, 0.6) is 0 Å². The number of nitrogens with zero attached hydrogens (tertiary/aromatic N) is 1. The molecule has 0 saturated heterocycles. The number of hydrogen-bond acceptors (Lipinski definition) is 2. The van der Waals surface area contributed by atoms with Gasteiger partial charge in [-0.3, -0.25) is 4.79 Å². The minimum atomic E-state index is 0.593. The molecule has 0 aliphatic heterocycles. The highest BCUT2D eigenvalue weighted by atomic mass is 16.1. The normalized spacial score (nSPS) is 9.78. The van der Waals surface area contributed by atoms with E-state index in [0.29, 0.717) is 11.1 Å². The molecule has 0 bridgehead atoms. The standard InChI is InChI=1S/C16H13NO/c1-2-13-5-3-4-6-15(13)16-9-12(11-18)7-8-14(16)10-17/h3-9,11H,2H2,1H3. The summed E-state index contributed by atoms with van der Waals surface area (Å²) in [5, 5.41) is 9.17. The molecule has 0 N–H and O–H groups in total. The Labute approximate surface area is 107 Å². The van der Waals surface area contributed by atoms with Gasteiger partial charge in [0.05, 0.1) is 11.6 Å². The van der Waals surface area contributed by atoms with Crippen molar-refractivity contribution in [3.8, 4) is 17.2 Å². The van der Waals surface area contributed by atoms with Crippen LogP contribution in [0.15, 0.2) is 42.5 Å². The van der Waals surface area contributed by atoms with Gasteiger partial charge in [-0.2, -0.15) is 5.26 Å². The van der Waals surface area contributed by atoms with Gasteiger partial charge in [-0.05, 0) is 29.7 Å². The molecule has 88 valence electrons. The van der Waals surface area contributed by atoms with E-state index in [0.717, 1.165) is 23.8 Å². The summed E-state index contributed by atoms with van der Waals surface area (Å²) in [6, 6.07) is 15.3. The summed E-state index contributed by atoms with van der Waals surface area (Å²) in [6.45, 7) is 2.08. The molecule has 0 unspecified atom stereocenters. The molecule has 2 aromatic carbocycles. The van der Waals surface area contributed by atoms with Gasteiger partial charge in [-0.1, -0.05) is 37.3 Å². The van der Waals surface area contributed by atoms with Crippen molar-refractivity contribution in [2.45, 2.75) is 13.3 Å². The van der Waals surface area contributed by atoms with Crippen LogP contribution < -0.4 is 0 Å². The lowest BCUT2D eigenvalue weighted by Gasteiger charge is -2.10. The molecule has 0 aliphatic carbocycles. The number of aldehydes is 1. The highest BCUT2D eigenvalue weighted by Crippen LogP contribution is 2.28. The maximum atomic E-state index is 10.9. The van der Waals surface area contributed by atoms with Crippen molar-refractivity contribution in [1.29, 1.82) is 5.26 Å². The molecule has 0 fully saturated rings. The Balaban J connectivity index is 2.69. The Morgan fingerprint density at radius 1 is 1.17 bits per heavy atom.